The monoisotopic (exact) mass is 343 g/mol. The standard InChI is InChI=1S/C18H21N3O2S/c1-13(14-6-3-2-4-7-14)11-19-16(22)10-15-12-24-18(20-15)21-9-5-8-17(21)23/h2-4,6-7,12-13H,5,8-11H2,1H3,(H,19,22)/t13-/m0/s1. The minimum Gasteiger partial charge on any atom is -0.355 e. The lowest BCUT2D eigenvalue weighted by atomic mass is 10.0. The van der Waals surface area contributed by atoms with Gasteiger partial charge in [-0.25, -0.2) is 4.98 Å². The molecule has 0 bridgehead atoms. The Morgan fingerprint density at radius 1 is 1.38 bits per heavy atom. The smallest absolute Gasteiger partial charge is 0.228 e. The van der Waals surface area contributed by atoms with Gasteiger partial charge in [-0.15, -0.1) is 11.3 Å². The highest BCUT2D eigenvalue weighted by atomic mass is 32.1. The number of benzene rings is 1. The highest BCUT2D eigenvalue weighted by Gasteiger charge is 2.24. The molecule has 1 saturated heterocycles. The van der Waals surface area contributed by atoms with Gasteiger partial charge in [0, 0.05) is 24.9 Å². The van der Waals surface area contributed by atoms with E-state index in [1.54, 1.807) is 4.90 Å². The third kappa shape index (κ3) is 4.00. The number of rotatable bonds is 6. The predicted molar refractivity (Wildman–Crippen MR) is 95.3 cm³/mol. The van der Waals surface area contributed by atoms with E-state index in [-0.39, 0.29) is 24.2 Å². The van der Waals surface area contributed by atoms with Crippen molar-refractivity contribution in [3.05, 3.63) is 47.0 Å². The number of carbonyl (C=O) groups is 2. The van der Waals surface area contributed by atoms with E-state index in [1.807, 2.05) is 23.6 Å². The molecule has 1 fully saturated rings. The molecule has 3 rings (SSSR count). The first-order chi connectivity index (χ1) is 11.6. The van der Waals surface area contributed by atoms with E-state index >= 15 is 0 Å². The van der Waals surface area contributed by atoms with E-state index in [0.717, 1.165) is 18.7 Å². The summed E-state index contributed by atoms with van der Waals surface area (Å²) in [5, 5.41) is 5.53. The zero-order valence-corrected chi connectivity index (χ0v) is 14.5. The van der Waals surface area contributed by atoms with Crippen molar-refractivity contribution in [2.75, 3.05) is 18.0 Å². The Morgan fingerprint density at radius 2 is 2.17 bits per heavy atom. The molecule has 6 heteroatoms. The Labute approximate surface area is 145 Å². The quantitative estimate of drug-likeness (QED) is 0.877. The minimum atomic E-state index is -0.0395. The molecule has 0 radical (unpaired) electrons. The van der Waals surface area contributed by atoms with Crippen LogP contribution < -0.4 is 10.2 Å². The molecule has 2 heterocycles. The summed E-state index contributed by atoms with van der Waals surface area (Å²) >= 11 is 1.43. The van der Waals surface area contributed by atoms with E-state index in [9.17, 15) is 9.59 Å². The lowest BCUT2D eigenvalue weighted by Gasteiger charge is -2.12. The number of hydrogen-bond acceptors (Lipinski definition) is 4. The summed E-state index contributed by atoms with van der Waals surface area (Å²) in [7, 11) is 0. The molecule has 1 aliphatic rings. The van der Waals surface area contributed by atoms with Gasteiger partial charge >= 0.3 is 0 Å². The van der Waals surface area contributed by atoms with Crippen molar-refractivity contribution in [3.63, 3.8) is 0 Å². The van der Waals surface area contributed by atoms with Crippen LogP contribution in [-0.2, 0) is 16.0 Å². The molecule has 2 amide bonds. The van der Waals surface area contributed by atoms with Crippen LogP contribution in [0, 0.1) is 0 Å². The van der Waals surface area contributed by atoms with E-state index in [2.05, 4.69) is 29.4 Å². The largest absolute Gasteiger partial charge is 0.355 e. The van der Waals surface area contributed by atoms with Crippen molar-refractivity contribution in [3.8, 4) is 0 Å². The topological polar surface area (TPSA) is 62.3 Å². The van der Waals surface area contributed by atoms with Gasteiger partial charge in [0.2, 0.25) is 11.8 Å². The normalized spacial score (nSPS) is 15.5. The molecule has 1 aromatic heterocycles. The molecule has 0 saturated carbocycles. The first kappa shape index (κ1) is 16.6. The fourth-order valence-electron chi connectivity index (χ4n) is 2.75. The zero-order valence-electron chi connectivity index (χ0n) is 13.7. The van der Waals surface area contributed by atoms with Crippen molar-refractivity contribution in [2.45, 2.75) is 32.1 Å². The van der Waals surface area contributed by atoms with E-state index in [1.165, 1.54) is 16.9 Å². The number of nitrogens with zero attached hydrogens (tertiary/aromatic N) is 2. The van der Waals surface area contributed by atoms with Crippen LogP contribution in [-0.4, -0.2) is 29.9 Å². The van der Waals surface area contributed by atoms with Crippen LogP contribution in [0.5, 0.6) is 0 Å². The highest BCUT2D eigenvalue weighted by molar-refractivity contribution is 7.14. The summed E-state index contributed by atoms with van der Waals surface area (Å²) in [4.78, 5) is 30.0. The van der Waals surface area contributed by atoms with Gasteiger partial charge in [0.1, 0.15) is 0 Å². The molecule has 0 aliphatic carbocycles. The fourth-order valence-corrected chi connectivity index (χ4v) is 3.61. The van der Waals surface area contributed by atoms with Crippen LogP contribution in [0.25, 0.3) is 0 Å². The van der Waals surface area contributed by atoms with E-state index in [4.69, 9.17) is 0 Å². The maximum atomic E-state index is 12.1. The van der Waals surface area contributed by atoms with Crippen LogP contribution in [0.1, 0.15) is 36.9 Å². The lowest BCUT2D eigenvalue weighted by molar-refractivity contribution is -0.120. The van der Waals surface area contributed by atoms with Crippen LogP contribution in [0.3, 0.4) is 0 Å². The Kier molecular flexibility index (Phi) is 5.25. The van der Waals surface area contributed by atoms with Crippen molar-refractivity contribution < 1.29 is 9.59 Å². The van der Waals surface area contributed by atoms with Gasteiger partial charge in [0.05, 0.1) is 12.1 Å². The van der Waals surface area contributed by atoms with Gasteiger partial charge in [-0.3, -0.25) is 14.5 Å². The van der Waals surface area contributed by atoms with Crippen LogP contribution in [0.4, 0.5) is 5.13 Å². The summed E-state index contributed by atoms with van der Waals surface area (Å²) in [6, 6.07) is 10.1. The number of thiazole rings is 1. The van der Waals surface area contributed by atoms with Crippen molar-refractivity contribution >= 4 is 28.3 Å². The van der Waals surface area contributed by atoms with Crippen molar-refractivity contribution in [2.24, 2.45) is 0 Å². The third-order valence-corrected chi connectivity index (χ3v) is 5.07. The van der Waals surface area contributed by atoms with Crippen molar-refractivity contribution in [1.82, 2.24) is 10.3 Å². The Balaban J connectivity index is 1.50. The molecule has 5 nitrogen and oxygen atoms in total. The number of amides is 2. The van der Waals surface area contributed by atoms with Gasteiger partial charge in [-0.2, -0.15) is 0 Å². The summed E-state index contributed by atoms with van der Waals surface area (Å²) in [5.74, 6) is 0.350. The Hall–Kier alpha value is -2.21. The maximum absolute atomic E-state index is 12.1. The highest BCUT2D eigenvalue weighted by Crippen LogP contribution is 2.25. The number of anilines is 1. The molecule has 1 aliphatic heterocycles. The van der Waals surface area contributed by atoms with E-state index < -0.39 is 0 Å². The summed E-state index contributed by atoms with van der Waals surface area (Å²) in [5.41, 5.74) is 1.93. The number of aromatic nitrogens is 1. The van der Waals surface area contributed by atoms with Crippen molar-refractivity contribution in [1.29, 1.82) is 0 Å². The second-order valence-corrected chi connectivity index (χ2v) is 6.90. The molecule has 0 spiro atoms. The molecular weight excluding hydrogens is 322 g/mol. The molecule has 0 unspecified atom stereocenters. The molecule has 1 aromatic carbocycles. The van der Waals surface area contributed by atoms with Crippen LogP contribution in [0.15, 0.2) is 35.7 Å². The van der Waals surface area contributed by atoms with Gasteiger partial charge in [0.15, 0.2) is 5.13 Å². The molecular formula is C18H21N3O2S. The van der Waals surface area contributed by atoms with Gasteiger partial charge in [0.25, 0.3) is 0 Å². The van der Waals surface area contributed by atoms with Gasteiger partial charge in [-0.1, -0.05) is 37.3 Å². The summed E-state index contributed by atoms with van der Waals surface area (Å²) < 4.78 is 0. The predicted octanol–water partition coefficient (Wildman–Crippen LogP) is 2.73. The maximum Gasteiger partial charge on any atom is 0.228 e. The molecule has 1 N–H and O–H groups in total. The average Bonchev–Trinajstić information content (AvgIpc) is 3.22. The number of hydrogen-bond donors (Lipinski definition) is 1. The molecule has 126 valence electrons. The summed E-state index contributed by atoms with van der Waals surface area (Å²) in [6.45, 7) is 3.42. The average molecular weight is 343 g/mol. The van der Waals surface area contributed by atoms with Crippen LogP contribution in [0.2, 0.25) is 0 Å². The van der Waals surface area contributed by atoms with Gasteiger partial charge in [-0.05, 0) is 17.9 Å². The number of nitrogens with one attached hydrogen (secondary N) is 1. The first-order valence-corrected chi connectivity index (χ1v) is 9.08. The number of carbonyl (C=O) groups excluding carboxylic acids is 2. The van der Waals surface area contributed by atoms with Crippen LogP contribution >= 0.6 is 11.3 Å². The second-order valence-electron chi connectivity index (χ2n) is 6.06. The lowest BCUT2D eigenvalue weighted by Crippen LogP contribution is -2.29. The second kappa shape index (κ2) is 7.57. The SMILES string of the molecule is C[C@@H](CNC(=O)Cc1csc(N2CCCC2=O)n1)c1ccccc1. The minimum absolute atomic E-state index is 0.0395. The first-order valence-electron chi connectivity index (χ1n) is 8.20. The summed E-state index contributed by atoms with van der Waals surface area (Å²) in [6.07, 6.45) is 1.72. The Bertz CT molecular complexity index is 714. The van der Waals surface area contributed by atoms with E-state index in [0.29, 0.717) is 18.1 Å². The fraction of sp³-hybridized carbons (Fsp3) is 0.389. The molecule has 2 aromatic rings. The third-order valence-electron chi connectivity index (χ3n) is 4.16. The molecule has 24 heavy (non-hydrogen) atoms. The zero-order chi connectivity index (χ0) is 16.9. The van der Waals surface area contributed by atoms with Gasteiger partial charge < -0.3 is 5.32 Å². The Morgan fingerprint density at radius 3 is 2.88 bits per heavy atom. The molecule has 1 atom stereocenters.